The number of nitrogens with one attached hydrogen (secondary N) is 1. The minimum Gasteiger partial charge on any atom is -0.497 e. The third-order valence-electron chi connectivity index (χ3n) is 6.03. The number of rotatable bonds is 7. The Balaban J connectivity index is 1.61. The third-order valence-corrected chi connectivity index (χ3v) is 6.03. The van der Waals surface area contributed by atoms with Crippen molar-refractivity contribution in [2.24, 2.45) is 5.41 Å². The zero-order valence-electron chi connectivity index (χ0n) is 19.3. The van der Waals surface area contributed by atoms with Crippen molar-refractivity contribution in [2.45, 2.75) is 13.8 Å². The van der Waals surface area contributed by atoms with Crippen LogP contribution in [0.5, 0.6) is 11.5 Å². The summed E-state index contributed by atoms with van der Waals surface area (Å²) in [6.45, 7) is 6.42. The van der Waals surface area contributed by atoms with E-state index in [-0.39, 0.29) is 5.41 Å². The number of methoxy groups -OCH3 is 2. The van der Waals surface area contributed by atoms with Gasteiger partial charge in [-0.2, -0.15) is 5.10 Å². The largest absolute Gasteiger partial charge is 0.497 e. The second-order valence-corrected chi connectivity index (χ2v) is 8.77. The number of aryl methyl sites for hydroxylation is 1. The van der Waals surface area contributed by atoms with Gasteiger partial charge in [0.2, 0.25) is 0 Å². The van der Waals surface area contributed by atoms with Gasteiger partial charge in [0.1, 0.15) is 11.5 Å². The average molecular weight is 446 g/mol. The van der Waals surface area contributed by atoms with Crippen molar-refractivity contribution < 1.29 is 14.2 Å². The number of aromatic nitrogens is 4. The van der Waals surface area contributed by atoms with Crippen LogP contribution in [0.2, 0.25) is 0 Å². The molecule has 8 heteroatoms. The molecule has 1 aliphatic heterocycles. The van der Waals surface area contributed by atoms with Gasteiger partial charge in [-0.1, -0.05) is 6.92 Å². The van der Waals surface area contributed by atoms with Crippen LogP contribution in [0.15, 0.2) is 48.8 Å². The van der Waals surface area contributed by atoms with E-state index >= 15 is 0 Å². The van der Waals surface area contributed by atoms with Crippen molar-refractivity contribution in [2.75, 3.05) is 38.9 Å². The van der Waals surface area contributed by atoms with Crippen LogP contribution in [-0.2, 0) is 4.74 Å². The van der Waals surface area contributed by atoms with E-state index in [9.17, 15) is 0 Å². The van der Waals surface area contributed by atoms with Crippen LogP contribution in [0, 0.1) is 12.3 Å². The highest BCUT2D eigenvalue weighted by molar-refractivity contribution is 5.83. The molecular weight excluding hydrogens is 418 g/mol. The number of fused-ring (bicyclic) bond motifs is 1. The maximum absolute atomic E-state index is 5.53. The Morgan fingerprint density at radius 2 is 1.79 bits per heavy atom. The van der Waals surface area contributed by atoms with Crippen molar-refractivity contribution in [1.82, 2.24) is 20.2 Å². The highest BCUT2D eigenvalue weighted by atomic mass is 16.5. The van der Waals surface area contributed by atoms with Gasteiger partial charge in [-0.25, -0.2) is 4.98 Å². The maximum atomic E-state index is 5.53. The fourth-order valence-electron chi connectivity index (χ4n) is 4.12. The number of hydrogen-bond acceptors (Lipinski definition) is 7. The van der Waals surface area contributed by atoms with Gasteiger partial charge < -0.3 is 19.1 Å². The van der Waals surface area contributed by atoms with E-state index in [4.69, 9.17) is 19.2 Å². The molecule has 5 rings (SSSR count). The average Bonchev–Trinajstić information content (AvgIpc) is 3.26. The molecule has 8 nitrogen and oxygen atoms in total. The van der Waals surface area contributed by atoms with Crippen molar-refractivity contribution >= 4 is 22.4 Å². The first-order valence-electron chi connectivity index (χ1n) is 10.8. The fourth-order valence-corrected chi connectivity index (χ4v) is 4.12. The molecule has 170 valence electrons. The van der Waals surface area contributed by atoms with Gasteiger partial charge in [0.15, 0.2) is 0 Å². The van der Waals surface area contributed by atoms with E-state index in [2.05, 4.69) is 39.1 Å². The monoisotopic (exact) mass is 445 g/mol. The quantitative estimate of drug-likeness (QED) is 0.448. The molecule has 2 aromatic heterocycles. The van der Waals surface area contributed by atoms with Gasteiger partial charge in [0.05, 0.1) is 56.1 Å². The summed E-state index contributed by atoms with van der Waals surface area (Å²) in [6.07, 6.45) is 3.64. The van der Waals surface area contributed by atoms with E-state index in [1.165, 1.54) is 0 Å². The maximum Gasteiger partial charge on any atom is 0.124 e. The molecule has 0 bridgehead atoms. The Labute approximate surface area is 192 Å². The van der Waals surface area contributed by atoms with Gasteiger partial charge in [0.25, 0.3) is 0 Å². The first-order chi connectivity index (χ1) is 16.0. The summed E-state index contributed by atoms with van der Waals surface area (Å²) in [5.74, 6) is 1.48. The predicted molar refractivity (Wildman–Crippen MR) is 127 cm³/mol. The van der Waals surface area contributed by atoms with Crippen LogP contribution in [0.25, 0.3) is 22.3 Å². The zero-order chi connectivity index (χ0) is 23.0. The molecule has 33 heavy (non-hydrogen) atoms. The number of hydrogen-bond donors (Lipinski definition) is 1. The molecule has 1 fully saturated rings. The number of aromatic amines is 1. The molecule has 0 aliphatic carbocycles. The lowest BCUT2D eigenvalue weighted by atomic mass is 9.87. The lowest BCUT2D eigenvalue weighted by Crippen LogP contribution is -2.47. The van der Waals surface area contributed by atoms with Gasteiger partial charge >= 0.3 is 0 Å². The van der Waals surface area contributed by atoms with Crippen LogP contribution in [0.1, 0.15) is 12.6 Å². The van der Waals surface area contributed by atoms with E-state index < -0.39 is 0 Å². The van der Waals surface area contributed by atoms with Crippen LogP contribution < -0.4 is 14.4 Å². The molecular formula is C25H27N5O3. The predicted octanol–water partition coefficient (Wildman–Crippen LogP) is 4.52. The minimum atomic E-state index is 0.0483. The molecule has 1 N–H and O–H groups in total. The Hall–Kier alpha value is -3.65. The summed E-state index contributed by atoms with van der Waals surface area (Å²) in [7, 11) is 3.32. The molecule has 0 saturated carbocycles. The molecule has 3 heterocycles. The Morgan fingerprint density at radius 1 is 1.03 bits per heavy atom. The van der Waals surface area contributed by atoms with Gasteiger partial charge in [-0.15, -0.1) is 0 Å². The van der Waals surface area contributed by atoms with Crippen LogP contribution in [0.4, 0.5) is 11.4 Å². The summed E-state index contributed by atoms with van der Waals surface area (Å²) in [5, 5.41) is 7.11. The second kappa shape index (κ2) is 8.37. The van der Waals surface area contributed by atoms with E-state index in [0.717, 1.165) is 70.6 Å². The number of H-pyrrole nitrogens is 1. The van der Waals surface area contributed by atoms with E-state index in [0.29, 0.717) is 0 Å². The topological polar surface area (TPSA) is 85.4 Å². The summed E-state index contributed by atoms with van der Waals surface area (Å²) >= 11 is 0. The van der Waals surface area contributed by atoms with Gasteiger partial charge in [0, 0.05) is 53.3 Å². The van der Waals surface area contributed by atoms with Gasteiger partial charge in [-0.3, -0.25) is 10.1 Å². The van der Waals surface area contributed by atoms with Crippen LogP contribution in [-0.4, -0.2) is 54.1 Å². The lowest BCUT2D eigenvalue weighted by molar-refractivity contribution is -0.0946. The normalized spacial score (nSPS) is 14.7. The SMILES string of the molecule is COc1cc(OC)cc(N(CC2(C)COC2)c2ccc3ncc(-c4c[nH]nc4C)nc3c2)c1. The van der Waals surface area contributed by atoms with E-state index in [1.807, 2.05) is 37.4 Å². The number of anilines is 2. The molecule has 0 radical (unpaired) electrons. The Bertz CT molecular complexity index is 1280. The van der Waals surface area contributed by atoms with Gasteiger partial charge in [-0.05, 0) is 25.1 Å². The van der Waals surface area contributed by atoms with Crippen LogP contribution in [0.3, 0.4) is 0 Å². The second-order valence-electron chi connectivity index (χ2n) is 8.77. The molecule has 0 amide bonds. The zero-order valence-corrected chi connectivity index (χ0v) is 19.3. The summed E-state index contributed by atoms with van der Waals surface area (Å²) in [5.41, 5.74) is 6.33. The highest BCUT2D eigenvalue weighted by Crippen LogP contribution is 2.38. The summed E-state index contributed by atoms with van der Waals surface area (Å²) < 4.78 is 16.6. The number of benzene rings is 2. The molecule has 0 unspecified atom stereocenters. The van der Waals surface area contributed by atoms with E-state index in [1.54, 1.807) is 20.4 Å². The van der Waals surface area contributed by atoms with Crippen molar-refractivity contribution in [3.8, 4) is 22.8 Å². The fraction of sp³-hybridized carbons (Fsp3) is 0.320. The number of nitrogens with zero attached hydrogens (tertiary/aromatic N) is 4. The molecule has 4 aromatic rings. The molecule has 0 atom stereocenters. The van der Waals surface area contributed by atoms with Crippen LogP contribution >= 0.6 is 0 Å². The first kappa shape index (κ1) is 21.2. The lowest BCUT2D eigenvalue weighted by Gasteiger charge is -2.42. The van der Waals surface area contributed by atoms with Crippen molar-refractivity contribution in [3.63, 3.8) is 0 Å². The highest BCUT2D eigenvalue weighted by Gasteiger charge is 2.36. The molecule has 2 aromatic carbocycles. The molecule has 0 spiro atoms. The Kier molecular flexibility index (Phi) is 5.38. The third kappa shape index (κ3) is 4.09. The minimum absolute atomic E-state index is 0.0483. The Morgan fingerprint density at radius 3 is 2.39 bits per heavy atom. The van der Waals surface area contributed by atoms with Crippen molar-refractivity contribution in [1.29, 1.82) is 0 Å². The first-order valence-corrected chi connectivity index (χ1v) is 10.8. The number of ether oxygens (including phenoxy) is 3. The summed E-state index contributed by atoms with van der Waals surface area (Å²) in [6, 6.07) is 12.1. The van der Waals surface area contributed by atoms with Crippen molar-refractivity contribution in [3.05, 3.63) is 54.5 Å². The molecule has 1 saturated heterocycles. The smallest absolute Gasteiger partial charge is 0.124 e. The standard InChI is InChI=1S/C25H27N5O3/c1-16-21(11-27-29-16)24-12-26-22-6-5-17(9-23(22)28-24)30(13-25(2)14-33-15-25)18-7-19(31-3)10-20(8-18)32-4/h5-12H,13-15H2,1-4H3,(H,27,29). The summed E-state index contributed by atoms with van der Waals surface area (Å²) in [4.78, 5) is 11.8. The molecule has 1 aliphatic rings.